The minimum Gasteiger partial charge on any atom is -0.389 e. The number of piperidine rings is 1. The van der Waals surface area contributed by atoms with Gasteiger partial charge in [-0.15, -0.1) is 11.3 Å². The third-order valence-corrected chi connectivity index (χ3v) is 12.3. The molecule has 5 atom stereocenters. The third kappa shape index (κ3) is 4.49. The average Bonchev–Trinajstić information content (AvgIpc) is 3.80. The second-order valence-electron chi connectivity index (χ2n) is 14.7. The molecule has 2 aliphatic heterocycles. The molecule has 4 aliphatic rings. The first-order valence-electron chi connectivity index (χ1n) is 16.8. The van der Waals surface area contributed by atoms with Gasteiger partial charge in [0.2, 0.25) is 0 Å². The van der Waals surface area contributed by atoms with Crippen LogP contribution < -0.4 is 10.6 Å². The number of aliphatic hydroxyl groups is 1. The van der Waals surface area contributed by atoms with Crippen LogP contribution >= 0.6 is 11.3 Å². The van der Waals surface area contributed by atoms with E-state index in [9.17, 15) is 10.4 Å². The maximum Gasteiger partial charge on any atom is 0.186 e. The highest BCUT2D eigenvalue weighted by Gasteiger charge is 2.49. The highest BCUT2D eigenvalue weighted by Crippen LogP contribution is 2.55. The molecule has 0 amide bonds. The van der Waals surface area contributed by atoms with Crippen LogP contribution in [0.25, 0.3) is 22.6 Å². The van der Waals surface area contributed by atoms with Crippen LogP contribution in [0.4, 0.5) is 10.8 Å². The van der Waals surface area contributed by atoms with E-state index in [0.717, 1.165) is 98.2 Å². The van der Waals surface area contributed by atoms with Crippen LogP contribution in [0.3, 0.4) is 0 Å². The molecule has 11 nitrogen and oxygen atoms in total. The molecule has 1 spiro atoms. The van der Waals surface area contributed by atoms with Gasteiger partial charge in [-0.25, -0.2) is 14.6 Å². The summed E-state index contributed by atoms with van der Waals surface area (Å²) in [5, 5.41) is 32.5. The van der Waals surface area contributed by atoms with E-state index in [1.807, 2.05) is 13.1 Å². The summed E-state index contributed by atoms with van der Waals surface area (Å²) in [5.41, 5.74) is 9.29. The van der Waals surface area contributed by atoms with Crippen molar-refractivity contribution in [1.29, 1.82) is 5.26 Å². The molecule has 3 N–H and O–H groups in total. The fourth-order valence-electron chi connectivity index (χ4n) is 9.37. The molecule has 0 unspecified atom stereocenters. The van der Waals surface area contributed by atoms with Crippen LogP contribution in [0.5, 0.6) is 0 Å². The Morgan fingerprint density at radius 3 is 2.76 bits per heavy atom. The lowest BCUT2D eigenvalue weighted by molar-refractivity contribution is 0.0283. The lowest BCUT2D eigenvalue weighted by atomic mass is 9.63. The van der Waals surface area contributed by atoms with Gasteiger partial charge >= 0.3 is 0 Å². The van der Waals surface area contributed by atoms with Gasteiger partial charge < -0.3 is 25.2 Å². The maximum atomic E-state index is 11.2. The lowest BCUT2D eigenvalue weighted by Crippen LogP contribution is -2.49. The summed E-state index contributed by atoms with van der Waals surface area (Å²) < 4.78 is 8.41. The number of thiophene rings is 1. The molecule has 0 bridgehead atoms. The second-order valence-corrected chi connectivity index (χ2v) is 15.8. The van der Waals surface area contributed by atoms with E-state index in [-0.39, 0.29) is 6.04 Å². The molecule has 2 aliphatic carbocycles. The smallest absolute Gasteiger partial charge is 0.186 e. The zero-order valence-corrected chi connectivity index (χ0v) is 28.0. The number of aryl methyl sites for hydroxylation is 1. The average molecular weight is 642 g/mol. The van der Waals surface area contributed by atoms with E-state index < -0.39 is 11.0 Å². The first kappa shape index (κ1) is 29.8. The Kier molecular flexibility index (Phi) is 6.98. The molecule has 12 heteroatoms. The number of hydrogen-bond acceptors (Lipinski definition) is 11. The van der Waals surface area contributed by atoms with Gasteiger partial charge in [0.25, 0.3) is 0 Å². The van der Waals surface area contributed by atoms with Crippen molar-refractivity contribution in [3.63, 3.8) is 0 Å². The van der Waals surface area contributed by atoms with Crippen molar-refractivity contribution in [2.75, 3.05) is 37.3 Å². The number of nitrogen functional groups attached to an aromatic ring is 1. The van der Waals surface area contributed by atoms with Crippen molar-refractivity contribution < 1.29 is 9.63 Å². The van der Waals surface area contributed by atoms with Crippen molar-refractivity contribution in [2.24, 2.45) is 5.92 Å². The summed E-state index contributed by atoms with van der Waals surface area (Å²) in [7, 11) is 2.19. The number of anilines is 2. The Balaban J connectivity index is 1.30. The summed E-state index contributed by atoms with van der Waals surface area (Å²) in [5.74, 6) is 2.45. The van der Waals surface area contributed by atoms with Crippen molar-refractivity contribution in [1.82, 2.24) is 29.8 Å². The van der Waals surface area contributed by atoms with E-state index in [2.05, 4.69) is 41.4 Å². The minimum absolute atomic E-state index is 0.118. The van der Waals surface area contributed by atoms with Crippen molar-refractivity contribution in [3.05, 3.63) is 33.5 Å². The molecule has 46 heavy (non-hydrogen) atoms. The molecule has 0 aromatic carbocycles. The molecule has 8 rings (SSSR count). The molecule has 4 aromatic rings. The number of likely N-dealkylation sites (tertiary alicyclic amines) is 1. The number of aromatic nitrogens is 5. The number of hydrogen-bond donors (Lipinski definition) is 2. The molecule has 2 fully saturated rings. The van der Waals surface area contributed by atoms with Crippen molar-refractivity contribution in [2.45, 2.75) is 102 Å². The van der Waals surface area contributed by atoms with E-state index in [4.69, 9.17) is 30.5 Å². The zero-order valence-electron chi connectivity index (χ0n) is 27.2. The molecule has 0 radical (unpaired) electrons. The summed E-state index contributed by atoms with van der Waals surface area (Å²) in [6, 6.07) is 2.90. The van der Waals surface area contributed by atoms with Crippen LogP contribution in [0, 0.1) is 17.2 Å². The summed E-state index contributed by atoms with van der Waals surface area (Å²) >= 11 is 1.55. The monoisotopic (exact) mass is 641 g/mol. The number of fused-ring (bicyclic) bond motifs is 5. The second kappa shape index (κ2) is 10.8. The van der Waals surface area contributed by atoms with Gasteiger partial charge in [-0.3, -0.25) is 0 Å². The maximum absolute atomic E-state index is 11.2. The topological polar surface area (TPSA) is 146 Å². The Bertz CT molecular complexity index is 1860. The Morgan fingerprint density at radius 1 is 1.22 bits per heavy atom. The zero-order chi connectivity index (χ0) is 32.0. The number of nitrogens with two attached hydrogens (primary N) is 1. The molecule has 6 heterocycles. The van der Waals surface area contributed by atoms with Crippen LogP contribution in [-0.2, 0) is 18.3 Å². The van der Waals surface area contributed by atoms with Gasteiger partial charge in [0.15, 0.2) is 22.9 Å². The molecular weight excluding hydrogens is 599 g/mol. The lowest BCUT2D eigenvalue weighted by Gasteiger charge is -2.41. The van der Waals surface area contributed by atoms with Gasteiger partial charge in [0.1, 0.15) is 16.9 Å². The molecular formula is C34H43N9O2S. The molecule has 4 aromatic heterocycles. The Morgan fingerprint density at radius 2 is 2.02 bits per heavy atom. The predicted octanol–water partition coefficient (Wildman–Crippen LogP) is 5.21. The number of nitrogens with zero attached hydrogens (tertiary/aromatic N) is 8. The van der Waals surface area contributed by atoms with Gasteiger partial charge in [0.05, 0.1) is 34.2 Å². The van der Waals surface area contributed by atoms with Gasteiger partial charge in [-0.1, -0.05) is 12.1 Å². The molecule has 0 saturated carbocycles. The van der Waals surface area contributed by atoms with Crippen LogP contribution in [0.1, 0.15) is 99.1 Å². The van der Waals surface area contributed by atoms with Crippen molar-refractivity contribution in [3.8, 4) is 17.6 Å². The van der Waals surface area contributed by atoms with E-state index >= 15 is 0 Å². The number of nitriles is 1. The van der Waals surface area contributed by atoms with Crippen LogP contribution in [0.2, 0.25) is 0 Å². The highest BCUT2D eigenvalue weighted by molar-refractivity contribution is 7.16. The van der Waals surface area contributed by atoms with Gasteiger partial charge in [0, 0.05) is 29.6 Å². The third-order valence-electron chi connectivity index (χ3n) is 11.2. The number of β-amino-alcohol motifs (C(OH)–C–C–N with tert-alkyl or cyclic N) is 1. The van der Waals surface area contributed by atoms with E-state index in [1.165, 1.54) is 11.3 Å². The normalized spacial score (nSPS) is 28.8. The summed E-state index contributed by atoms with van der Waals surface area (Å²) in [6.45, 7) is 8.67. The first-order valence-corrected chi connectivity index (χ1v) is 17.7. The number of likely N-dealkylation sites (N-methyl/N-ethyl adjacent to an activating group) is 1. The highest BCUT2D eigenvalue weighted by atomic mass is 32.1. The standard InChI is InChI=1S/C34H43N9O2S/c1-19-14-33(3,44)18-42(17-19)31-23-16-37-43(20(2)24-9-7-13-41(24)4)32(23)39-30(38-31)27-21-8-5-11-34(28(21)45-40-27)12-6-10-25-26(34)22(15-35)29(36)46-25/h16,19-20,24,44H,5-14,17-18,36H2,1-4H3/t19-,20+,24+,33+,34+/m1/s1. The minimum atomic E-state index is -0.829. The quantitative estimate of drug-likeness (QED) is 0.305. The largest absolute Gasteiger partial charge is 0.389 e. The molecule has 242 valence electrons. The predicted molar refractivity (Wildman–Crippen MR) is 178 cm³/mol. The Hall–Kier alpha value is -3.53. The van der Waals surface area contributed by atoms with Crippen molar-refractivity contribution >= 4 is 33.2 Å². The number of rotatable bonds is 4. The fourth-order valence-corrected chi connectivity index (χ4v) is 10.5. The SMILES string of the molecule is C[C@H]1CN(c2nc(-c3noc4c3CCC[C@@]43CCCc4sc(N)c(C#N)c43)nc3c2cnn3[C@@H](C)[C@@H]2CCCN2C)C[C@@](C)(O)C1. The first-order chi connectivity index (χ1) is 22.1. The summed E-state index contributed by atoms with van der Waals surface area (Å²) in [4.78, 5) is 16.3. The summed E-state index contributed by atoms with van der Waals surface area (Å²) in [6.07, 6.45) is 10.4. The fraction of sp³-hybridized carbons (Fsp3) is 0.618. The van der Waals surface area contributed by atoms with E-state index in [1.54, 1.807) is 11.3 Å². The van der Waals surface area contributed by atoms with E-state index in [0.29, 0.717) is 40.6 Å². The van der Waals surface area contributed by atoms with Gasteiger partial charge in [-0.2, -0.15) is 10.4 Å². The van der Waals surface area contributed by atoms with Crippen LogP contribution in [-0.4, -0.2) is 73.2 Å². The van der Waals surface area contributed by atoms with Gasteiger partial charge in [-0.05, 0) is 96.7 Å². The van der Waals surface area contributed by atoms with Crippen LogP contribution in [0.15, 0.2) is 10.7 Å². The molecule has 2 saturated heterocycles. The Labute approximate surface area is 273 Å².